The number of nitrogens with one attached hydrogen (secondary N) is 1. The first kappa shape index (κ1) is 11.2. The number of anilines is 1. The van der Waals surface area contributed by atoms with Gasteiger partial charge in [0, 0.05) is 15.3 Å². The van der Waals surface area contributed by atoms with Crippen molar-refractivity contribution in [3.05, 3.63) is 27.8 Å². The van der Waals surface area contributed by atoms with Crippen LogP contribution < -0.4 is 5.32 Å². The Kier molecular flexibility index (Phi) is 3.89. The number of hydrogen-bond acceptors (Lipinski definition) is 1. The average Bonchev–Trinajstić information content (AvgIpc) is 2.74. The van der Waals surface area contributed by atoms with E-state index in [-0.39, 0.29) is 0 Å². The van der Waals surface area contributed by atoms with Crippen LogP contribution in [-0.2, 0) is 0 Å². The van der Waals surface area contributed by atoms with Crippen LogP contribution in [0, 0.1) is 9.49 Å². The van der Waals surface area contributed by atoms with Gasteiger partial charge in [0.05, 0.1) is 0 Å². The Morgan fingerprint density at radius 2 is 1.80 bits per heavy atom. The number of halogens is 1. The van der Waals surface area contributed by atoms with Crippen molar-refractivity contribution in [1.29, 1.82) is 0 Å². The summed E-state index contributed by atoms with van der Waals surface area (Å²) >= 11 is 2.34. The second-order valence-corrected chi connectivity index (χ2v) is 5.73. The molecule has 82 valence electrons. The van der Waals surface area contributed by atoms with E-state index in [1.54, 1.807) is 0 Å². The molecule has 0 amide bonds. The van der Waals surface area contributed by atoms with Crippen LogP contribution in [0.3, 0.4) is 0 Å². The molecule has 2 heteroatoms. The fourth-order valence-electron chi connectivity index (χ4n) is 2.38. The highest BCUT2D eigenvalue weighted by Gasteiger charge is 2.20. The molecular weight excluding hydrogens is 297 g/mol. The number of benzene rings is 1. The van der Waals surface area contributed by atoms with Gasteiger partial charge in [-0.25, -0.2) is 0 Å². The third-order valence-electron chi connectivity index (χ3n) is 3.35. The van der Waals surface area contributed by atoms with E-state index in [0.29, 0.717) is 6.04 Å². The summed E-state index contributed by atoms with van der Waals surface area (Å²) in [6.45, 7) is 2.31. The molecule has 1 fully saturated rings. The first-order valence-corrected chi connectivity index (χ1v) is 6.85. The van der Waals surface area contributed by atoms with Gasteiger partial charge in [-0.05, 0) is 72.5 Å². The van der Waals surface area contributed by atoms with Crippen LogP contribution in [0.4, 0.5) is 5.69 Å². The minimum atomic E-state index is 0.618. The Balaban J connectivity index is 1.92. The van der Waals surface area contributed by atoms with Gasteiger partial charge in [0.25, 0.3) is 0 Å². The van der Waals surface area contributed by atoms with Gasteiger partial charge in [0.2, 0.25) is 0 Å². The predicted molar refractivity (Wildman–Crippen MR) is 74.2 cm³/mol. The molecule has 0 radical (unpaired) electrons. The third-order valence-corrected chi connectivity index (χ3v) is 4.06. The lowest BCUT2D eigenvalue weighted by molar-refractivity contribution is 0.482. The molecule has 0 saturated heterocycles. The summed E-state index contributed by atoms with van der Waals surface area (Å²) in [5.74, 6) is 0.879. The van der Waals surface area contributed by atoms with Gasteiger partial charge in [0.1, 0.15) is 0 Å². The average molecular weight is 315 g/mol. The van der Waals surface area contributed by atoms with Crippen molar-refractivity contribution < 1.29 is 0 Å². The van der Waals surface area contributed by atoms with E-state index in [1.807, 2.05) is 0 Å². The van der Waals surface area contributed by atoms with Crippen LogP contribution in [-0.4, -0.2) is 6.04 Å². The quantitative estimate of drug-likeness (QED) is 0.821. The van der Waals surface area contributed by atoms with Crippen molar-refractivity contribution in [2.45, 2.75) is 38.6 Å². The lowest BCUT2D eigenvalue weighted by Gasteiger charge is -2.21. The van der Waals surface area contributed by atoms with Gasteiger partial charge in [-0.3, -0.25) is 0 Å². The molecule has 0 aromatic heterocycles. The minimum Gasteiger partial charge on any atom is -0.382 e. The van der Waals surface area contributed by atoms with Crippen molar-refractivity contribution in [3.8, 4) is 0 Å². The summed E-state index contributed by atoms with van der Waals surface area (Å²) in [4.78, 5) is 0. The van der Waals surface area contributed by atoms with Crippen molar-refractivity contribution in [3.63, 3.8) is 0 Å². The Bertz CT molecular complexity index is 301. The first-order valence-electron chi connectivity index (χ1n) is 5.78. The molecule has 1 atom stereocenters. The molecule has 0 heterocycles. The van der Waals surface area contributed by atoms with E-state index in [1.165, 1.54) is 34.9 Å². The Morgan fingerprint density at radius 3 is 2.40 bits per heavy atom. The van der Waals surface area contributed by atoms with E-state index in [2.05, 4.69) is 59.1 Å². The molecule has 1 aliphatic carbocycles. The van der Waals surface area contributed by atoms with E-state index in [4.69, 9.17) is 0 Å². The first-order chi connectivity index (χ1) is 7.25. The highest BCUT2D eigenvalue weighted by Crippen LogP contribution is 2.29. The van der Waals surface area contributed by atoms with Crippen LogP contribution in [0.25, 0.3) is 0 Å². The molecule has 1 N–H and O–H groups in total. The number of rotatable bonds is 3. The topological polar surface area (TPSA) is 12.0 Å². The van der Waals surface area contributed by atoms with Gasteiger partial charge >= 0.3 is 0 Å². The van der Waals surface area contributed by atoms with Crippen molar-refractivity contribution in [2.24, 2.45) is 5.92 Å². The molecule has 1 aromatic carbocycles. The summed E-state index contributed by atoms with van der Waals surface area (Å²) in [6, 6.07) is 9.28. The maximum Gasteiger partial charge on any atom is 0.0343 e. The van der Waals surface area contributed by atoms with Crippen LogP contribution in [0.15, 0.2) is 24.3 Å². The van der Waals surface area contributed by atoms with Gasteiger partial charge in [0.15, 0.2) is 0 Å². The molecule has 1 saturated carbocycles. The van der Waals surface area contributed by atoms with Crippen LogP contribution >= 0.6 is 22.6 Å². The van der Waals surface area contributed by atoms with E-state index < -0.39 is 0 Å². The lowest BCUT2D eigenvalue weighted by Crippen LogP contribution is -2.23. The summed E-state index contributed by atoms with van der Waals surface area (Å²) in [6.07, 6.45) is 5.64. The Hall–Kier alpha value is -0.250. The smallest absolute Gasteiger partial charge is 0.0343 e. The van der Waals surface area contributed by atoms with Gasteiger partial charge < -0.3 is 5.32 Å². The molecule has 1 aromatic rings. The largest absolute Gasteiger partial charge is 0.382 e. The molecule has 0 bridgehead atoms. The van der Waals surface area contributed by atoms with Crippen molar-refractivity contribution in [1.82, 2.24) is 0 Å². The van der Waals surface area contributed by atoms with Gasteiger partial charge in [-0.15, -0.1) is 0 Å². The molecule has 0 spiro atoms. The maximum atomic E-state index is 3.61. The number of hydrogen-bond donors (Lipinski definition) is 1. The molecule has 1 nitrogen and oxygen atoms in total. The van der Waals surface area contributed by atoms with Gasteiger partial charge in [-0.1, -0.05) is 12.8 Å². The highest BCUT2D eigenvalue weighted by atomic mass is 127. The molecule has 2 rings (SSSR count). The Morgan fingerprint density at radius 1 is 1.20 bits per heavy atom. The summed E-state index contributed by atoms with van der Waals surface area (Å²) in [5.41, 5.74) is 1.26. The molecule has 1 unspecified atom stereocenters. The summed E-state index contributed by atoms with van der Waals surface area (Å²) < 4.78 is 1.30. The molecular formula is C13H18IN. The van der Waals surface area contributed by atoms with Gasteiger partial charge in [-0.2, -0.15) is 0 Å². The fourth-order valence-corrected chi connectivity index (χ4v) is 2.74. The zero-order chi connectivity index (χ0) is 10.7. The SMILES string of the molecule is CC(Nc1ccc(I)cc1)C1CCCC1. The second-order valence-electron chi connectivity index (χ2n) is 4.48. The second kappa shape index (κ2) is 5.19. The highest BCUT2D eigenvalue weighted by molar-refractivity contribution is 14.1. The van der Waals surface area contributed by atoms with E-state index >= 15 is 0 Å². The zero-order valence-corrected chi connectivity index (χ0v) is 11.3. The zero-order valence-electron chi connectivity index (χ0n) is 9.17. The standard InChI is InChI=1S/C13H18IN/c1-10(11-4-2-3-5-11)15-13-8-6-12(14)7-9-13/h6-11,15H,2-5H2,1H3. The van der Waals surface area contributed by atoms with Crippen LogP contribution in [0.5, 0.6) is 0 Å². The lowest BCUT2D eigenvalue weighted by atomic mass is 9.99. The molecule has 15 heavy (non-hydrogen) atoms. The third kappa shape index (κ3) is 3.10. The monoisotopic (exact) mass is 315 g/mol. The maximum absolute atomic E-state index is 3.61. The summed E-state index contributed by atoms with van der Waals surface area (Å²) in [7, 11) is 0. The van der Waals surface area contributed by atoms with E-state index in [9.17, 15) is 0 Å². The molecule has 1 aliphatic rings. The predicted octanol–water partition coefficient (Wildman–Crippen LogP) is 4.28. The van der Waals surface area contributed by atoms with Crippen molar-refractivity contribution >= 4 is 28.3 Å². The van der Waals surface area contributed by atoms with Crippen molar-refractivity contribution in [2.75, 3.05) is 5.32 Å². The fraction of sp³-hybridized carbons (Fsp3) is 0.538. The molecule has 0 aliphatic heterocycles. The minimum absolute atomic E-state index is 0.618. The summed E-state index contributed by atoms with van der Waals surface area (Å²) in [5, 5.41) is 3.61. The van der Waals surface area contributed by atoms with Crippen LogP contribution in [0.2, 0.25) is 0 Å². The normalized spacial score (nSPS) is 19.1. The Labute approximate surface area is 106 Å². The van der Waals surface area contributed by atoms with Crippen LogP contribution in [0.1, 0.15) is 32.6 Å². The van der Waals surface area contributed by atoms with E-state index in [0.717, 1.165) is 5.92 Å².